The maximum atomic E-state index is 16.8. The first-order chi connectivity index (χ1) is 23.5. The van der Waals surface area contributed by atoms with E-state index in [1.165, 1.54) is 20.9 Å². The minimum atomic E-state index is -1.33. The number of benzene rings is 5. The Morgan fingerprint density at radius 2 is 1.44 bits per heavy atom. The average Bonchev–Trinajstić information content (AvgIpc) is 3.75. The summed E-state index contributed by atoms with van der Waals surface area (Å²) in [6.45, 7) is 4.63. The van der Waals surface area contributed by atoms with E-state index in [4.69, 9.17) is 4.98 Å². The van der Waals surface area contributed by atoms with Gasteiger partial charge in [0.15, 0.2) is 6.17 Å². The second-order valence-electron chi connectivity index (χ2n) is 13.2. The highest BCUT2D eigenvalue weighted by Crippen LogP contribution is 2.52. The van der Waals surface area contributed by atoms with Crippen LogP contribution in [-0.2, 0) is 5.41 Å². The second kappa shape index (κ2) is 10.0. The third kappa shape index (κ3) is 3.78. The summed E-state index contributed by atoms with van der Waals surface area (Å²) in [4.78, 5) is 12.1. The normalized spacial score (nSPS) is 14.6. The van der Waals surface area contributed by atoms with Gasteiger partial charge in [-0.05, 0) is 70.6 Å². The molecular formula is C42H29FN4S. The Morgan fingerprint density at radius 3 is 2.38 bits per heavy atom. The quantitative estimate of drug-likeness (QED) is 0.180. The molecule has 0 spiro atoms. The van der Waals surface area contributed by atoms with Crippen molar-refractivity contribution >= 4 is 61.0 Å². The number of hydrogen-bond donors (Lipinski definition) is 0. The number of pyridine rings is 2. The molecular weight excluding hydrogens is 612 g/mol. The van der Waals surface area contributed by atoms with E-state index in [0.717, 1.165) is 54.9 Å². The highest BCUT2D eigenvalue weighted by Gasteiger charge is 2.36. The molecule has 0 saturated heterocycles. The number of nitrogens with zero attached hydrogens (tertiary/aromatic N) is 4. The molecule has 0 radical (unpaired) electrons. The third-order valence-corrected chi connectivity index (χ3v) is 11.3. The summed E-state index contributed by atoms with van der Waals surface area (Å²) in [7, 11) is 0. The zero-order chi connectivity index (χ0) is 32.1. The monoisotopic (exact) mass is 640 g/mol. The predicted molar refractivity (Wildman–Crippen MR) is 194 cm³/mol. The molecule has 0 saturated carbocycles. The van der Waals surface area contributed by atoms with Crippen LogP contribution in [0.1, 0.15) is 42.3 Å². The number of halogens is 1. The van der Waals surface area contributed by atoms with Gasteiger partial charge in [-0.15, -0.1) is 0 Å². The molecule has 10 rings (SSSR count). The van der Waals surface area contributed by atoms with E-state index in [-0.39, 0.29) is 5.41 Å². The lowest BCUT2D eigenvalue weighted by atomic mass is 9.76. The van der Waals surface area contributed by atoms with Crippen LogP contribution in [0.25, 0.3) is 54.9 Å². The van der Waals surface area contributed by atoms with Crippen molar-refractivity contribution in [3.63, 3.8) is 0 Å². The van der Waals surface area contributed by atoms with Crippen molar-refractivity contribution in [2.45, 2.75) is 35.2 Å². The van der Waals surface area contributed by atoms with Crippen molar-refractivity contribution in [1.82, 2.24) is 18.9 Å². The van der Waals surface area contributed by atoms with Crippen LogP contribution >= 0.6 is 11.8 Å². The van der Waals surface area contributed by atoms with Gasteiger partial charge in [-0.25, -0.2) is 14.4 Å². The molecule has 0 fully saturated rings. The molecule has 5 aromatic carbocycles. The Kier molecular flexibility index (Phi) is 5.77. The van der Waals surface area contributed by atoms with E-state index in [1.807, 2.05) is 78.8 Å². The molecule has 5 heterocycles. The largest absolute Gasteiger partial charge is 0.299 e. The van der Waals surface area contributed by atoms with Crippen LogP contribution in [0.3, 0.4) is 0 Å². The number of aromatic nitrogens is 4. The van der Waals surface area contributed by atoms with Gasteiger partial charge in [0.05, 0.1) is 11.0 Å². The zero-order valence-electron chi connectivity index (χ0n) is 26.4. The van der Waals surface area contributed by atoms with Crippen molar-refractivity contribution < 1.29 is 4.39 Å². The fourth-order valence-corrected chi connectivity index (χ4v) is 9.35. The molecule has 1 aliphatic rings. The molecule has 0 amide bonds. The van der Waals surface area contributed by atoms with Gasteiger partial charge in [0.2, 0.25) is 0 Å². The Bertz CT molecular complexity index is 2770. The molecule has 0 N–H and O–H groups in total. The standard InChI is InChI=1S/C42H29FN4S/c1-42(2)33-13-4-6-15-35(33)48-36-19-18-30-31-12-8-20-44-41(31)47(39(30)37(36)42)27-10-7-9-25(23-27)38(43)26-16-17-28-29-11-3-5-14-34(29)46-22-21-45-40(46)32(28)24-26/h3-24,38H,1-2H3. The number of rotatable bonds is 3. The zero-order valence-corrected chi connectivity index (χ0v) is 27.2. The minimum Gasteiger partial charge on any atom is -0.299 e. The van der Waals surface area contributed by atoms with Crippen LogP contribution in [0, 0.1) is 0 Å². The van der Waals surface area contributed by atoms with Crippen LogP contribution < -0.4 is 0 Å². The summed E-state index contributed by atoms with van der Waals surface area (Å²) in [6.07, 6.45) is 4.29. The van der Waals surface area contributed by atoms with Crippen molar-refractivity contribution in [2.75, 3.05) is 0 Å². The molecule has 230 valence electrons. The fourth-order valence-electron chi connectivity index (χ4n) is 7.94. The first-order valence-electron chi connectivity index (χ1n) is 16.2. The summed E-state index contributed by atoms with van der Waals surface area (Å²) in [5.74, 6) is 0. The van der Waals surface area contributed by atoms with Crippen LogP contribution in [0.15, 0.2) is 144 Å². The Labute approximate surface area is 280 Å². The van der Waals surface area contributed by atoms with Crippen LogP contribution in [-0.4, -0.2) is 18.9 Å². The topological polar surface area (TPSA) is 35.1 Å². The number of hydrogen-bond acceptors (Lipinski definition) is 3. The molecule has 0 aliphatic carbocycles. The van der Waals surface area contributed by atoms with Gasteiger partial charge in [0, 0.05) is 66.6 Å². The second-order valence-corrected chi connectivity index (χ2v) is 14.3. The molecule has 4 nitrogen and oxygen atoms in total. The van der Waals surface area contributed by atoms with Gasteiger partial charge >= 0.3 is 0 Å². The van der Waals surface area contributed by atoms with Gasteiger partial charge in [-0.3, -0.25) is 8.97 Å². The molecule has 1 aliphatic heterocycles. The van der Waals surface area contributed by atoms with Gasteiger partial charge in [-0.1, -0.05) is 92.3 Å². The lowest BCUT2D eigenvalue weighted by molar-refractivity contribution is 0.402. The minimum absolute atomic E-state index is 0.253. The summed E-state index contributed by atoms with van der Waals surface area (Å²) in [5.41, 5.74) is 8.33. The molecule has 1 unspecified atom stereocenters. The first-order valence-corrected chi connectivity index (χ1v) is 17.0. The molecule has 48 heavy (non-hydrogen) atoms. The van der Waals surface area contributed by atoms with E-state index in [1.54, 1.807) is 6.20 Å². The third-order valence-electron chi connectivity index (χ3n) is 10.2. The van der Waals surface area contributed by atoms with Crippen molar-refractivity contribution in [3.8, 4) is 5.69 Å². The predicted octanol–water partition coefficient (Wildman–Crippen LogP) is 11.0. The molecule has 9 aromatic rings. The number of para-hydroxylation sites is 1. The van der Waals surface area contributed by atoms with Gasteiger partial charge in [0.25, 0.3) is 0 Å². The van der Waals surface area contributed by atoms with E-state index in [2.05, 4.69) is 88.5 Å². The van der Waals surface area contributed by atoms with E-state index >= 15 is 4.39 Å². The molecule has 6 heteroatoms. The van der Waals surface area contributed by atoms with Crippen LogP contribution in [0.4, 0.5) is 4.39 Å². The number of alkyl halides is 1. The highest BCUT2D eigenvalue weighted by atomic mass is 32.2. The maximum absolute atomic E-state index is 16.8. The van der Waals surface area contributed by atoms with Crippen LogP contribution in [0.2, 0.25) is 0 Å². The highest BCUT2D eigenvalue weighted by molar-refractivity contribution is 7.99. The van der Waals surface area contributed by atoms with Gasteiger partial charge < -0.3 is 0 Å². The summed E-state index contributed by atoms with van der Waals surface area (Å²) in [6, 6.07) is 39.4. The Morgan fingerprint density at radius 1 is 0.646 bits per heavy atom. The summed E-state index contributed by atoms with van der Waals surface area (Å²) in [5, 5.41) is 5.36. The number of fused-ring (bicyclic) bond motifs is 12. The van der Waals surface area contributed by atoms with E-state index < -0.39 is 6.17 Å². The van der Waals surface area contributed by atoms with E-state index in [0.29, 0.717) is 11.1 Å². The lowest BCUT2D eigenvalue weighted by Crippen LogP contribution is -2.24. The lowest BCUT2D eigenvalue weighted by Gasteiger charge is -2.35. The van der Waals surface area contributed by atoms with Crippen LogP contribution in [0.5, 0.6) is 0 Å². The maximum Gasteiger partial charge on any atom is 0.150 e. The fraction of sp³-hybridized carbons (Fsp3) is 0.0952. The summed E-state index contributed by atoms with van der Waals surface area (Å²) >= 11 is 1.82. The molecule has 4 aromatic heterocycles. The number of imidazole rings is 1. The summed E-state index contributed by atoms with van der Waals surface area (Å²) < 4.78 is 21.1. The molecule has 1 atom stereocenters. The van der Waals surface area contributed by atoms with Crippen molar-refractivity contribution in [3.05, 3.63) is 156 Å². The molecule has 0 bridgehead atoms. The Balaban J connectivity index is 1.17. The van der Waals surface area contributed by atoms with Crippen molar-refractivity contribution in [1.29, 1.82) is 0 Å². The van der Waals surface area contributed by atoms with Crippen molar-refractivity contribution in [2.24, 2.45) is 0 Å². The van der Waals surface area contributed by atoms with E-state index in [9.17, 15) is 0 Å². The average molecular weight is 641 g/mol. The van der Waals surface area contributed by atoms with Gasteiger partial charge in [-0.2, -0.15) is 0 Å². The Hall–Kier alpha value is -5.46. The SMILES string of the molecule is CC1(C)c2ccccc2Sc2ccc3c4cccnc4n(-c4cccc(C(F)c5ccc6c7ccccc7n7ccnc7c6c5)c4)c3c21. The van der Waals surface area contributed by atoms with Gasteiger partial charge in [0.1, 0.15) is 11.3 Å². The smallest absolute Gasteiger partial charge is 0.150 e. The first kappa shape index (κ1) is 27.6.